The van der Waals surface area contributed by atoms with Crippen molar-refractivity contribution in [3.8, 4) is 0 Å². The molecule has 0 aromatic rings. The van der Waals surface area contributed by atoms with Gasteiger partial charge < -0.3 is 16.3 Å². The van der Waals surface area contributed by atoms with Gasteiger partial charge in [-0.3, -0.25) is 0 Å². The van der Waals surface area contributed by atoms with Crippen LogP contribution in [0, 0.1) is 11.8 Å². The molecule has 5 heteroatoms. The van der Waals surface area contributed by atoms with Gasteiger partial charge in [-0.1, -0.05) is 19.0 Å². The molecule has 0 amide bonds. The van der Waals surface area contributed by atoms with E-state index in [2.05, 4.69) is 23.7 Å². The van der Waals surface area contributed by atoms with Crippen molar-refractivity contribution >= 4 is 17.6 Å². The van der Waals surface area contributed by atoms with Crippen molar-refractivity contribution in [2.75, 3.05) is 25.1 Å². The topological polar surface area (TPSA) is 70.6 Å². The Kier molecular flexibility index (Phi) is 7.70. The van der Waals surface area contributed by atoms with E-state index < -0.39 is 0 Å². The maximum atomic E-state index is 8.43. The molecule has 0 bridgehead atoms. The smallest absolute Gasteiger partial charge is 0.143 e. The second-order valence-corrected chi connectivity index (χ2v) is 4.56. The fourth-order valence-corrected chi connectivity index (χ4v) is 1.78. The minimum atomic E-state index is 0.0847. The Morgan fingerprint density at radius 3 is 2.64 bits per heavy atom. The second kappa shape index (κ2) is 7.94. The molecule has 0 aromatic carbocycles. The van der Waals surface area contributed by atoms with Gasteiger partial charge >= 0.3 is 0 Å². The highest BCUT2D eigenvalue weighted by molar-refractivity contribution is 7.98. The van der Waals surface area contributed by atoms with Crippen LogP contribution in [-0.4, -0.2) is 36.1 Å². The van der Waals surface area contributed by atoms with E-state index in [1.807, 2.05) is 18.7 Å². The molecule has 2 atom stereocenters. The minimum Gasteiger partial charge on any atom is -0.409 e. The van der Waals surface area contributed by atoms with Crippen LogP contribution in [0.2, 0.25) is 0 Å². The molecule has 0 aliphatic carbocycles. The van der Waals surface area contributed by atoms with Gasteiger partial charge in [0.25, 0.3) is 0 Å². The van der Waals surface area contributed by atoms with Crippen LogP contribution < -0.4 is 11.1 Å². The number of amidine groups is 1. The number of nitrogens with zero attached hydrogens (tertiary/aromatic N) is 1. The first-order valence-electron chi connectivity index (χ1n) is 4.78. The lowest BCUT2D eigenvalue weighted by molar-refractivity contribution is 0.314. The number of hydrogen-bond acceptors (Lipinski definition) is 4. The molecule has 0 saturated carbocycles. The zero-order chi connectivity index (χ0) is 11.0. The van der Waals surface area contributed by atoms with E-state index in [0.29, 0.717) is 5.92 Å². The third kappa shape index (κ3) is 6.10. The fourth-order valence-electron chi connectivity index (χ4n) is 1.09. The SMILES string of the molecule is CSCC(C)CNCC(C)C(N)=NO. The van der Waals surface area contributed by atoms with Crippen LogP contribution in [0.15, 0.2) is 5.16 Å². The minimum absolute atomic E-state index is 0.0847. The number of hydrogen-bond donors (Lipinski definition) is 3. The first kappa shape index (κ1) is 13.6. The van der Waals surface area contributed by atoms with Crippen LogP contribution in [-0.2, 0) is 0 Å². The van der Waals surface area contributed by atoms with Crippen molar-refractivity contribution in [3.05, 3.63) is 0 Å². The van der Waals surface area contributed by atoms with Crippen molar-refractivity contribution in [3.63, 3.8) is 0 Å². The highest BCUT2D eigenvalue weighted by Crippen LogP contribution is 2.02. The predicted octanol–water partition coefficient (Wildman–Crippen LogP) is 0.958. The Balaban J connectivity index is 3.53. The van der Waals surface area contributed by atoms with Crippen LogP contribution in [0.4, 0.5) is 0 Å². The second-order valence-electron chi connectivity index (χ2n) is 3.64. The molecule has 0 rings (SSSR count). The van der Waals surface area contributed by atoms with E-state index in [1.54, 1.807) is 0 Å². The van der Waals surface area contributed by atoms with Gasteiger partial charge in [0.05, 0.1) is 0 Å². The number of rotatable bonds is 7. The van der Waals surface area contributed by atoms with E-state index in [-0.39, 0.29) is 11.8 Å². The van der Waals surface area contributed by atoms with Gasteiger partial charge in [0.15, 0.2) is 0 Å². The summed E-state index contributed by atoms with van der Waals surface area (Å²) >= 11 is 1.85. The molecular weight excluding hydrogens is 198 g/mol. The summed E-state index contributed by atoms with van der Waals surface area (Å²) in [6.07, 6.45) is 2.11. The lowest BCUT2D eigenvalue weighted by Gasteiger charge is -2.14. The van der Waals surface area contributed by atoms with E-state index in [1.165, 1.54) is 0 Å². The van der Waals surface area contributed by atoms with Crippen LogP contribution in [0.1, 0.15) is 13.8 Å². The molecular formula is C9H21N3OS. The van der Waals surface area contributed by atoms with Crippen LogP contribution in [0.3, 0.4) is 0 Å². The summed E-state index contributed by atoms with van der Waals surface area (Å²) in [5.74, 6) is 2.19. The average Bonchev–Trinajstić information content (AvgIpc) is 2.16. The van der Waals surface area contributed by atoms with Crippen molar-refractivity contribution in [1.82, 2.24) is 5.32 Å². The van der Waals surface area contributed by atoms with Crippen LogP contribution in [0.25, 0.3) is 0 Å². The van der Waals surface area contributed by atoms with Crippen molar-refractivity contribution in [1.29, 1.82) is 0 Å². The summed E-state index contributed by atoms with van der Waals surface area (Å²) in [7, 11) is 0. The fraction of sp³-hybridized carbons (Fsp3) is 0.889. The van der Waals surface area contributed by atoms with Gasteiger partial charge in [-0.2, -0.15) is 11.8 Å². The highest BCUT2D eigenvalue weighted by Gasteiger charge is 2.07. The summed E-state index contributed by atoms with van der Waals surface area (Å²) in [4.78, 5) is 0. The van der Waals surface area contributed by atoms with Crippen molar-refractivity contribution < 1.29 is 5.21 Å². The van der Waals surface area contributed by atoms with Crippen molar-refractivity contribution in [2.45, 2.75) is 13.8 Å². The van der Waals surface area contributed by atoms with Crippen molar-refractivity contribution in [2.24, 2.45) is 22.7 Å². The summed E-state index contributed by atoms with van der Waals surface area (Å²) in [5, 5.41) is 14.7. The molecule has 0 aliphatic rings. The third-order valence-corrected chi connectivity index (χ3v) is 2.92. The van der Waals surface area contributed by atoms with Gasteiger partial charge in [-0.15, -0.1) is 0 Å². The molecule has 0 heterocycles. The predicted molar refractivity (Wildman–Crippen MR) is 63.0 cm³/mol. The van der Waals surface area contributed by atoms with Gasteiger partial charge in [0, 0.05) is 12.5 Å². The summed E-state index contributed by atoms with van der Waals surface area (Å²) in [6.45, 7) is 5.87. The number of oxime groups is 1. The van der Waals surface area contributed by atoms with Crippen LogP contribution in [0.5, 0.6) is 0 Å². The molecule has 0 fully saturated rings. The first-order chi connectivity index (χ1) is 6.61. The maximum absolute atomic E-state index is 8.43. The van der Waals surface area contributed by atoms with Gasteiger partial charge in [0.2, 0.25) is 0 Å². The van der Waals surface area contributed by atoms with E-state index >= 15 is 0 Å². The molecule has 0 saturated heterocycles. The number of nitrogens with two attached hydrogens (primary N) is 1. The summed E-state index contributed by atoms with van der Waals surface area (Å²) in [6, 6.07) is 0. The van der Waals surface area contributed by atoms with E-state index in [9.17, 15) is 0 Å². The van der Waals surface area contributed by atoms with E-state index in [0.717, 1.165) is 18.8 Å². The van der Waals surface area contributed by atoms with E-state index in [4.69, 9.17) is 10.9 Å². The first-order valence-corrected chi connectivity index (χ1v) is 6.18. The molecule has 0 aliphatic heterocycles. The quantitative estimate of drug-likeness (QED) is 0.258. The molecule has 0 spiro atoms. The monoisotopic (exact) mass is 219 g/mol. The molecule has 84 valence electrons. The maximum Gasteiger partial charge on any atom is 0.143 e. The normalized spacial score (nSPS) is 16.6. The lowest BCUT2D eigenvalue weighted by atomic mass is 10.1. The standard InChI is InChI=1S/C9H21N3OS/c1-7(6-14-3)4-11-5-8(2)9(10)12-13/h7-8,11,13H,4-6H2,1-3H3,(H2,10,12). The summed E-state index contributed by atoms with van der Waals surface area (Å²) in [5.41, 5.74) is 5.45. The lowest BCUT2D eigenvalue weighted by Crippen LogP contribution is -2.33. The summed E-state index contributed by atoms with van der Waals surface area (Å²) < 4.78 is 0. The highest BCUT2D eigenvalue weighted by atomic mass is 32.2. The molecule has 2 unspecified atom stereocenters. The van der Waals surface area contributed by atoms with Gasteiger partial charge in [-0.25, -0.2) is 0 Å². The van der Waals surface area contributed by atoms with Crippen LogP contribution >= 0.6 is 11.8 Å². The molecule has 0 aromatic heterocycles. The van der Waals surface area contributed by atoms with Gasteiger partial charge in [0.1, 0.15) is 5.84 Å². The molecule has 14 heavy (non-hydrogen) atoms. The molecule has 0 radical (unpaired) electrons. The Bertz CT molecular complexity index is 175. The zero-order valence-electron chi connectivity index (χ0n) is 9.16. The average molecular weight is 219 g/mol. The third-order valence-electron chi connectivity index (χ3n) is 2.01. The zero-order valence-corrected chi connectivity index (χ0v) is 9.97. The number of thioether (sulfide) groups is 1. The number of nitrogens with one attached hydrogen (secondary N) is 1. The Morgan fingerprint density at radius 2 is 2.14 bits per heavy atom. The molecule has 4 N–H and O–H groups in total. The Morgan fingerprint density at radius 1 is 1.50 bits per heavy atom. The van der Waals surface area contributed by atoms with Gasteiger partial charge in [-0.05, 0) is 24.5 Å². The largest absolute Gasteiger partial charge is 0.409 e. The Labute approximate surface area is 90.3 Å². The Hall–Kier alpha value is -0.420. The molecule has 4 nitrogen and oxygen atoms in total.